The molecule has 0 spiro atoms. The van der Waals surface area contributed by atoms with Crippen LogP contribution in [0.15, 0.2) is 36.8 Å². The van der Waals surface area contributed by atoms with Gasteiger partial charge in [0.1, 0.15) is 17.4 Å². The minimum Gasteiger partial charge on any atom is -0.369 e. The van der Waals surface area contributed by atoms with Crippen LogP contribution in [-0.2, 0) is 4.79 Å². The fraction of sp³-hybridized carbons (Fsp3) is 0.350. The van der Waals surface area contributed by atoms with Crippen molar-refractivity contribution in [2.75, 3.05) is 10.6 Å². The zero-order valence-corrected chi connectivity index (χ0v) is 15.7. The van der Waals surface area contributed by atoms with Crippen LogP contribution >= 0.6 is 0 Å². The van der Waals surface area contributed by atoms with E-state index in [1.165, 1.54) is 6.33 Å². The Morgan fingerprint density at radius 3 is 2.71 bits per heavy atom. The number of nitrogens with zero attached hydrogens (tertiary/aromatic N) is 4. The number of fused-ring (bicyclic) bond motifs is 1. The molecular formula is C20H23N7O. The highest BCUT2D eigenvalue weighted by molar-refractivity contribution is 5.87. The number of aromatic nitrogens is 4. The standard InChI is InChI=1S/C20H23N7O/c1-12-3-2-4-15(9-12)25-19-17-16(23-11-24-19)10-22-20(27-17)26-14-7-5-13(6-8-14)18(21)28/h2-4,9-11,13-14H,5-8H2,1H3,(H2,21,28)(H,22,26,27)(H,23,24,25). The Balaban J connectivity index is 1.54. The molecule has 0 atom stereocenters. The molecule has 0 saturated heterocycles. The molecule has 0 radical (unpaired) electrons. The van der Waals surface area contributed by atoms with Gasteiger partial charge in [0.15, 0.2) is 5.82 Å². The average molecular weight is 377 g/mol. The third-order valence-corrected chi connectivity index (χ3v) is 5.12. The Kier molecular flexibility index (Phi) is 5.01. The second-order valence-electron chi connectivity index (χ2n) is 7.24. The molecule has 8 heteroatoms. The highest BCUT2D eigenvalue weighted by Crippen LogP contribution is 2.27. The van der Waals surface area contributed by atoms with Gasteiger partial charge in [-0.2, -0.15) is 0 Å². The Bertz CT molecular complexity index is 999. The third kappa shape index (κ3) is 4.00. The molecule has 0 aliphatic heterocycles. The summed E-state index contributed by atoms with van der Waals surface area (Å²) >= 11 is 0. The fourth-order valence-electron chi connectivity index (χ4n) is 3.58. The first kappa shape index (κ1) is 18.1. The second-order valence-corrected chi connectivity index (χ2v) is 7.24. The van der Waals surface area contributed by atoms with Crippen molar-refractivity contribution in [1.82, 2.24) is 19.9 Å². The SMILES string of the molecule is Cc1cccc(Nc2ncnc3cnc(NC4CCC(C(N)=O)CC4)nc23)c1. The molecule has 0 unspecified atom stereocenters. The number of hydrogen-bond acceptors (Lipinski definition) is 7. The van der Waals surface area contributed by atoms with E-state index in [9.17, 15) is 4.79 Å². The molecule has 4 N–H and O–H groups in total. The number of hydrogen-bond donors (Lipinski definition) is 3. The van der Waals surface area contributed by atoms with Crippen LogP contribution in [-0.4, -0.2) is 31.9 Å². The molecule has 2 heterocycles. The maximum Gasteiger partial charge on any atom is 0.223 e. The maximum absolute atomic E-state index is 11.3. The van der Waals surface area contributed by atoms with E-state index in [1.54, 1.807) is 6.20 Å². The number of aryl methyl sites for hydroxylation is 1. The number of nitrogens with one attached hydrogen (secondary N) is 2. The number of anilines is 3. The molecule has 1 aliphatic rings. The number of carbonyl (C=O) groups excluding carboxylic acids is 1. The lowest BCUT2D eigenvalue weighted by atomic mass is 9.86. The molecule has 3 aromatic rings. The average Bonchev–Trinajstić information content (AvgIpc) is 2.69. The largest absolute Gasteiger partial charge is 0.369 e. The molecule has 1 aromatic carbocycles. The van der Waals surface area contributed by atoms with E-state index in [2.05, 4.69) is 30.6 Å². The molecule has 144 valence electrons. The topological polar surface area (TPSA) is 119 Å². The Morgan fingerprint density at radius 2 is 1.96 bits per heavy atom. The van der Waals surface area contributed by atoms with Crippen LogP contribution < -0.4 is 16.4 Å². The van der Waals surface area contributed by atoms with Crippen LogP contribution in [0.3, 0.4) is 0 Å². The van der Waals surface area contributed by atoms with E-state index >= 15 is 0 Å². The quantitative estimate of drug-likeness (QED) is 0.625. The minimum atomic E-state index is -0.204. The normalized spacial score (nSPS) is 19.3. The van der Waals surface area contributed by atoms with Gasteiger partial charge in [0.2, 0.25) is 11.9 Å². The van der Waals surface area contributed by atoms with Crippen molar-refractivity contribution in [3.63, 3.8) is 0 Å². The molecule has 1 fully saturated rings. The minimum absolute atomic E-state index is 0.0193. The van der Waals surface area contributed by atoms with Crippen LogP contribution in [0.5, 0.6) is 0 Å². The summed E-state index contributed by atoms with van der Waals surface area (Å²) in [4.78, 5) is 29.0. The summed E-state index contributed by atoms with van der Waals surface area (Å²) in [5.41, 5.74) is 8.85. The van der Waals surface area contributed by atoms with Crippen molar-refractivity contribution in [2.45, 2.75) is 38.6 Å². The summed E-state index contributed by atoms with van der Waals surface area (Å²) in [5, 5.41) is 6.69. The van der Waals surface area contributed by atoms with E-state index in [4.69, 9.17) is 5.73 Å². The molecular weight excluding hydrogens is 354 g/mol. The van der Waals surface area contributed by atoms with Crippen molar-refractivity contribution >= 4 is 34.4 Å². The summed E-state index contributed by atoms with van der Waals surface area (Å²) in [6, 6.07) is 8.29. The lowest BCUT2D eigenvalue weighted by Gasteiger charge is -2.27. The zero-order valence-electron chi connectivity index (χ0n) is 15.7. The number of amides is 1. The first-order valence-corrected chi connectivity index (χ1v) is 9.46. The molecule has 8 nitrogen and oxygen atoms in total. The highest BCUT2D eigenvalue weighted by atomic mass is 16.1. The monoisotopic (exact) mass is 377 g/mol. The van der Waals surface area contributed by atoms with Crippen LogP contribution in [0.2, 0.25) is 0 Å². The van der Waals surface area contributed by atoms with Gasteiger partial charge in [-0.3, -0.25) is 4.79 Å². The number of primary amides is 1. The second kappa shape index (κ2) is 7.75. The van der Waals surface area contributed by atoms with E-state index in [0.717, 1.165) is 36.9 Å². The zero-order chi connectivity index (χ0) is 19.5. The molecule has 1 saturated carbocycles. The van der Waals surface area contributed by atoms with Gasteiger partial charge in [0.05, 0.1) is 6.20 Å². The van der Waals surface area contributed by atoms with Crippen LogP contribution in [0, 0.1) is 12.8 Å². The molecule has 28 heavy (non-hydrogen) atoms. The maximum atomic E-state index is 11.3. The van der Waals surface area contributed by atoms with Crippen molar-refractivity contribution in [3.8, 4) is 0 Å². The van der Waals surface area contributed by atoms with Crippen molar-refractivity contribution < 1.29 is 4.79 Å². The lowest BCUT2D eigenvalue weighted by molar-refractivity contribution is -0.122. The van der Waals surface area contributed by atoms with Crippen molar-refractivity contribution in [2.24, 2.45) is 11.7 Å². The van der Waals surface area contributed by atoms with E-state index < -0.39 is 0 Å². The van der Waals surface area contributed by atoms with Crippen molar-refractivity contribution in [3.05, 3.63) is 42.4 Å². The van der Waals surface area contributed by atoms with Gasteiger partial charge in [-0.05, 0) is 50.3 Å². The summed E-state index contributed by atoms with van der Waals surface area (Å²) in [6.07, 6.45) is 6.53. The smallest absolute Gasteiger partial charge is 0.223 e. The van der Waals surface area contributed by atoms with Gasteiger partial charge < -0.3 is 16.4 Å². The summed E-state index contributed by atoms with van der Waals surface area (Å²) in [7, 11) is 0. The summed E-state index contributed by atoms with van der Waals surface area (Å²) in [5.74, 6) is 0.953. The Labute approximate surface area is 163 Å². The van der Waals surface area contributed by atoms with Crippen LogP contribution in [0.1, 0.15) is 31.2 Å². The Morgan fingerprint density at radius 1 is 1.14 bits per heavy atom. The van der Waals surface area contributed by atoms with Gasteiger partial charge in [-0.1, -0.05) is 12.1 Å². The highest BCUT2D eigenvalue weighted by Gasteiger charge is 2.25. The van der Waals surface area contributed by atoms with Crippen LogP contribution in [0.4, 0.5) is 17.5 Å². The van der Waals surface area contributed by atoms with Gasteiger partial charge >= 0.3 is 0 Å². The molecule has 1 aliphatic carbocycles. The molecule has 1 amide bonds. The number of nitrogens with two attached hydrogens (primary N) is 1. The van der Waals surface area contributed by atoms with Gasteiger partial charge in [-0.25, -0.2) is 19.9 Å². The van der Waals surface area contributed by atoms with Gasteiger partial charge in [0, 0.05) is 17.6 Å². The molecule has 0 bridgehead atoms. The van der Waals surface area contributed by atoms with Crippen LogP contribution in [0.25, 0.3) is 11.0 Å². The van der Waals surface area contributed by atoms with E-state index in [0.29, 0.717) is 22.8 Å². The molecule has 4 rings (SSSR count). The fourth-order valence-corrected chi connectivity index (χ4v) is 3.58. The van der Waals surface area contributed by atoms with E-state index in [1.807, 2.05) is 31.2 Å². The van der Waals surface area contributed by atoms with Crippen molar-refractivity contribution in [1.29, 1.82) is 0 Å². The van der Waals surface area contributed by atoms with Gasteiger partial charge in [-0.15, -0.1) is 0 Å². The Hall–Kier alpha value is -3.29. The predicted molar refractivity (Wildman–Crippen MR) is 108 cm³/mol. The summed E-state index contributed by atoms with van der Waals surface area (Å²) < 4.78 is 0. The number of carbonyl (C=O) groups is 1. The third-order valence-electron chi connectivity index (χ3n) is 5.12. The van der Waals surface area contributed by atoms with E-state index in [-0.39, 0.29) is 17.9 Å². The summed E-state index contributed by atoms with van der Waals surface area (Å²) in [6.45, 7) is 2.04. The number of rotatable bonds is 5. The predicted octanol–water partition coefficient (Wildman–Crippen LogP) is 2.93. The molecule has 2 aromatic heterocycles. The lowest BCUT2D eigenvalue weighted by Crippen LogP contribution is -2.32. The first-order valence-electron chi connectivity index (χ1n) is 9.46. The van der Waals surface area contributed by atoms with Gasteiger partial charge in [0.25, 0.3) is 0 Å². The number of benzene rings is 1. The first-order chi connectivity index (χ1) is 13.6.